The molecule has 2 amide bonds. The van der Waals surface area contributed by atoms with Gasteiger partial charge >= 0.3 is 6.03 Å². The van der Waals surface area contributed by atoms with Gasteiger partial charge in [0, 0.05) is 45.3 Å². The van der Waals surface area contributed by atoms with E-state index in [4.69, 9.17) is 4.74 Å². The largest absolute Gasteiger partial charge is 0.379 e. The first-order valence-electron chi connectivity index (χ1n) is 9.90. The zero-order chi connectivity index (χ0) is 18.0. The van der Waals surface area contributed by atoms with Crippen molar-refractivity contribution in [3.8, 4) is 0 Å². The highest BCUT2D eigenvalue weighted by Gasteiger charge is 2.20. The van der Waals surface area contributed by atoms with Crippen LogP contribution in [0, 0.1) is 0 Å². The second-order valence-electron chi connectivity index (χ2n) is 7.24. The smallest absolute Gasteiger partial charge is 0.315 e. The van der Waals surface area contributed by atoms with Crippen LogP contribution in [-0.4, -0.2) is 74.4 Å². The summed E-state index contributed by atoms with van der Waals surface area (Å²) in [7, 11) is 0. The minimum absolute atomic E-state index is 0.0199. The summed E-state index contributed by atoms with van der Waals surface area (Å²) in [6.07, 6.45) is 3.03. The number of nitrogens with zero attached hydrogens (tertiary/aromatic N) is 2. The fraction of sp³-hybridized carbons (Fsp3) is 0.650. The van der Waals surface area contributed by atoms with Gasteiger partial charge in [-0.1, -0.05) is 30.3 Å². The molecule has 144 valence electrons. The van der Waals surface area contributed by atoms with Gasteiger partial charge in [-0.05, 0) is 31.4 Å². The van der Waals surface area contributed by atoms with E-state index in [1.54, 1.807) is 0 Å². The van der Waals surface area contributed by atoms with Gasteiger partial charge in [0.25, 0.3) is 0 Å². The van der Waals surface area contributed by atoms with Crippen LogP contribution in [0.25, 0.3) is 0 Å². The molecule has 3 rings (SSSR count). The normalized spacial score (nSPS) is 20.0. The van der Waals surface area contributed by atoms with Crippen molar-refractivity contribution in [2.45, 2.75) is 31.8 Å². The number of carbonyl (C=O) groups excluding carboxylic acids is 1. The average Bonchev–Trinajstić information content (AvgIpc) is 2.68. The van der Waals surface area contributed by atoms with Crippen LogP contribution >= 0.6 is 0 Å². The van der Waals surface area contributed by atoms with Gasteiger partial charge in [-0.3, -0.25) is 9.80 Å². The number of nitrogens with one attached hydrogen (secondary N) is 2. The summed E-state index contributed by atoms with van der Waals surface area (Å²) in [5, 5.41) is 6.13. The third kappa shape index (κ3) is 6.59. The summed E-state index contributed by atoms with van der Waals surface area (Å²) < 4.78 is 5.34. The molecule has 0 radical (unpaired) electrons. The number of hydrogen-bond acceptors (Lipinski definition) is 4. The summed E-state index contributed by atoms with van der Waals surface area (Å²) in [4.78, 5) is 16.9. The van der Waals surface area contributed by atoms with Crippen LogP contribution in [0.4, 0.5) is 4.79 Å². The van der Waals surface area contributed by atoms with Gasteiger partial charge in [-0.25, -0.2) is 4.79 Å². The number of likely N-dealkylation sites (tertiary alicyclic amines) is 1. The number of rotatable bonds is 7. The summed E-state index contributed by atoms with van der Waals surface area (Å²) in [5.41, 5.74) is 1.36. The van der Waals surface area contributed by atoms with Crippen LogP contribution in [0.1, 0.15) is 24.8 Å². The monoisotopic (exact) mass is 360 g/mol. The number of benzene rings is 1. The molecule has 0 aliphatic carbocycles. The highest BCUT2D eigenvalue weighted by atomic mass is 16.5. The van der Waals surface area contributed by atoms with Gasteiger partial charge in [-0.15, -0.1) is 0 Å². The zero-order valence-corrected chi connectivity index (χ0v) is 15.7. The first-order valence-corrected chi connectivity index (χ1v) is 9.90. The topological polar surface area (TPSA) is 56.8 Å². The van der Waals surface area contributed by atoms with E-state index in [1.165, 1.54) is 5.56 Å². The van der Waals surface area contributed by atoms with E-state index in [0.717, 1.165) is 78.3 Å². The zero-order valence-electron chi connectivity index (χ0n) is 15.7. The van der Waals surface area contributed by atoms with Crippen molar-refractivity contribution in [3.63, 3.8) is 0 Å². The Balaban J connectivity index is 1.25. The fourth-order valence-electron chi connectivity index (χ4n) is 3.64. The molecule has 2 heterocycles. The van der Waals surface area contributed by atoms with E-state index >= 15 is 0 Å². The number of ether oxygens (including phenoxy) is 1. The maximum absolute atomic E-state index is 12.1. The van der Waals surface area contributed by atoms with Crippen LogP contribution in [0.5, 0.6) is 0 Å². The van der Waals surface area contributed by atoms with E-state index in [2.05, 4.69) is 50.8 Å². The lowest BCUT2D eigenvalue weighted by atomic mass is 10.0. The standard InChI is InChI=1S/C20H32N4O2/c25-20(21-9-4-10-23-13-15-26-16-14-23)22-19-7-11-24(12-8-19)17-18-5-2-1-3-6-18/h1-3,5-6,19H,4,7-17H2,(H2,21,22,25). The fourth-order valence-corrected chi connectivity index (χ4v) is 3.64. The Morgan fingerprint density at radius 1 is 1.04 bits per heavy atom. The molecule has 0 atom stereocenters. The van der Waals surface area contributed by atoms with Crippen molar-refractivity contribution >= 4 is 6.03 Å². The Labute approximate surface area is 156 Å². The molecule has 0 saturated carbocycles. The molecule has 0 bridgehead atoms. The minimum atomic E-state index is -0.0199. The molecule has 0 spiro atoms. The Morgan fingerprint density at radius 2 is 1.77 bits per heavy atom. The van der Waals surface area contributed by atoms with Crippen LogP contribution < -0.4 is 10.6 Å². The van der Waals surface area contributed by atoms with Crippen molar-refractivity contribution in [3.05, 3.63) is 35.9 Å². The quantitative estimate of drug-likeness (QED) is 0.727. The predicted molar refractivity (Wildman–Crippen MR) is 103 cm³/mol. The van der Waals surface area contributed by atoms with Crippen molar-refractivity contribution in [2.24, 2.45) is 0 Å². The van der Waals surface area contributed by atoms with Crippen molar-refractivity contribution in [1.82, 2.24) is 20.4 Å². The first-order chi connectivity index (χ1) is 12.8. The van der Waals surface area contributed by atoms with E-state index in [0.29, 0.717) is 6.04 Å². The third-order valence-electron chi connectivity index (χ3n) is 5.21. The highest BCUT2D eigenvalue weighted by Crippen LogP contribution is 2.13. The second-order valence-corrected chi connectivity index (χ2v) is 7.24. The Bertz CT molecular complexity index is 526. The lowest BCUT2D eigenvalue weighted by Gasteiger charge is -2.32. The van der Waals surface area contributed by atoms with Gasteiger partial charge in [-0.2, -0.15) is 0 Å². The second kappa shape index (κ2) is 10.5. The molecule has 2 aliphatic rings. The molecule has 6 heteroatoms. The molecular weight excluding hydrogens is 328 g/mol. The third-order valence-corrected chi connectivity index (χ3v) is 5.21. The summed E-state index contributed by atoms with van der Waals surface area (Å²) in [5.74, 6) is 0. The minimum Gasteiger partial charge on any atom is -0.379 e. The summed E-state index contributed by atoms with van der Waals surface area (Å²) in [6.45, 7) is 8.52. The van der Waals surface area contributed by atoms with Crippen molar-refractivity contribution in [2.75, 3.05) is 52.5 Å². The molecular formula is C20H32N4O2. The van der Waals surface area contributed by atoms with E-state index < -0.39 is 0 Å². The Hall–Kier alpha value is -1.63. The molecule has 2 saturated heterocycles. The SMILES string of the molecule is O=C(NCCCN1CCOCC1)NC1CCN(Cc2ccccc2)CC1. The highest BCUT2D eigenvalue weighted by molar-refractivity contribution is 5.74. The van der Waals surface area contributed by atoms with Crippen LogP contribution in [-0.2, 0) is 11.3 Å². The van der Waals surface area contributed by atoms with Gasteiger partial charge in [0.05, 0.1) is 13.2 Å². The van der Waals surface area contributed by atoms with Crippen molar-refractivity contribution in [1.29, 1.82) is 0 Å². The number of carbonyl (C=O) groups is 1. The Morgan fingerprint density at radius 3 is 2.50 bits per heavy atom. The maximum atomic E-state index is 12.1. The van der Waals surface area contributed by atoms with Gasteiger partial charge in [0.15, 0.2) is 0 Å². The molecule has 26 heavy (non-hydrogen) atoms. The van der Waals surface area contributed by atoms with E-state index in [1.807, 2.05) is 0 Å². The molecule has 6 nitrogen and oxygen atoms in total. The predicted octanol–water partition coefficient (Wildman–Crippen LogP) is 1.67. The van der Waals surface area contributed by atoms with Crippen LogP contribution in [0.2, 0.25) is 0 Å². The summed E-state index contributed by atoms with van der Waals surface area (Å²) in [6, 6.07) is 10.9. The van der Waals surface area contributed by atoms with Crippen molar-refractivity contribution < 1.29 is 9.53 Å². The maximum Gasteiger partial charge on any atom is 0.315 e. The molecule has 0 aromatic heterocycles. The lowest BCUT2D eigenvalue weighted by molar-refractivity contribution is 0.0375. The van der Waals surface area contributed by atoms with Crippen LogP contribution in [0.3, 0.4) is 0 Å². The number of hydrogen-bond donors (Lipinski definition) is 2. The molecule has 2 fully saturated rings. The lowest BCUT2D eigenvalue weighted by Crippen LogP contribution is -2.48. The first kappa shape index (κ1) is 19.1. The molecule has 1 aromatic carbocycles. The van der Waals surface area contributed by atoms with Gasteiger partial charge in [0.1, 0.15) is 0 Å². The number of morpholine rings is 1. The molecule has 1 aromatic rings. The van der Waals surface area contributed by atoms with Gasteiger partial charge < -0.3 is 15.4 Å². The molecule has 2 N–H and O–H groups in total. The average molecular weight is 361 g/mol. The Kier molecular flexibility index (Phi) is 7.73. The number of amides is 2. The van der Waals surface area contributed by atoms with Crippen LogP contribution in [0.15, 0.2) is 30.3 Å². The summed E-state index contributed by atoms with van der Waals surface area (Å²) >= 11 is 0. The van der Waals surface area contributed by atoms with E-state index in [9.17, 15) is 4.79 Å². The van der Waals surface area contributed by atoms with Gasteiger partial charge in [0.2, 0.25) is 0 Å². The number of urea groups is 1. The number of piperidine rings is 1. The molecule has 2 aliphatic heterocycles. The van der Waals surface area contributed by atoms with E-state index in [-0.39, 0.29) is 6.03 Å². The molecule has 0 unspecified atom stereocenters.